The number of furan rings is 2. The van der Waals surface area contributed by atoms with Crippen LogP contribution < -0.4 is 4.90 Å². The van der Waals surface area contributed by atoms with Gasteiger partial charge < -0.3 is 18.3 Å². The third kappa shape index (κ3) is 5.94. The molecule has 4 heteroatoms. The highest BCUT2D eigenvalue weighted by Gasteiger charge is 2.25. The first kappa shape index (κ1) is 38.2. The van der Waals surface area contributed by atoms with Crippen molar-refractivity contribution < 1.29 is 8.83 Å². The van der Waals surface area contributed by atoms with E-state index in [9.17, 15) is 0 Å². The van der Waals surface area contributed by atoms with Crippen molar-refractivity contribution in [2.45, 2.75) is 0 Å². The van der Waals surface area contributed by atoms with Crippen molar-refractivity contribution in [1.29, 1.82) is 0 Å². The van der Waals surface area contributed by atoms with Crippen LogP contribution in [0, 0.1) is 0 Å². The monoisotopic (exact) mass is 868 g/mol. The van der Waals surface area contributed by atoms with Crippen LogP contribution in [0.15, 0.2) is 251 Å². The van der Waals surface area contributed by atoms with E-state index < -0.39 is 0 Å². The van der Waals surface area contributed by atoms with E-state index in [4.69, 9.17) is 8.83 Å². The van der Waals surface area contributed by atoms with E-state index in [1.54, 1.807) is 0 Å². The Balaban J connectivity index is 0.994. The number of anilines is 3. The molecule has 0 N–H and O–H groups in total. The van der Waals surface area contributed by atoms with Gasteiger partial charge >= 0.3 is 0 Å². The number of hydrogen-bond acceptors (Lipinski definition) is 3. The van der Waals surface area contributed by atoms with Crippen molar-refractivity contribution in [3.63, 3.8) is 0 Å². The Morgan fingerprint density at radius 1 is 0.324 bits per heavy atom. The molecule has 0 aliphatic rings. The number of hydrogen-bond donors (Lipinski definition) is 0. The van der Waals surface area contributed by atoms with E-state index >= 15 is 0 Å². The largest absolute Gasteiger partial charge is 0.455 e. The average molecular weight is 869 g/mol. The van der Waals surface area contributed by atoms with Gasteiger partial charge in [-0.15, -0.1) is 0 Å². The molecule has 0 atom stereocenters. The van der Waals surface area contributed by atoms with Crippen molar-refractivity contribution in [2.75, 3.05) is 4.90 Å². The molecule has 0 fully saturated rings. The van der Waals surface area contributed by atoms with Crippen LogP contribution in [-0.2, 0) is 0 Å². The summed E-state index contributed by atoms with van der Waals surface area (Å²) < 4.78 is 16.1. The first-order chi connectivity index (χ1) is 33.7. The molecule has 11 aromatic carbocycles. The zero-order valence-corrected chi connectivity index (χ0v) is 36.8. The van der Waals surface area contributed by atoms with Crippen molar-refractivity contribution in [3.05, 3.63) is 243 Å². The van der Waals surface area contributed by atoms with Crippen molar-refractivity contribution in [2.24, 2.45) is 0 Å². The van der Waals surface area contributed by atoms with Crippen LogP contribution in [-0.4, -0.2) is 4.57 Å². The molecule has 14 aromatic rings. The molecule has 0 spiro atoms. The minimum absolute atomic E-state index is 0.831. The van der Waals surface area contributed by atoms with Crippen LogP contribution in [0.1, 0.15) is 0 Å². The number of nitrogens with zero attached hydrogens (tertiary/aromatic N) is 2. The van der Waals surface area contributed by atoms with E-state index in [2.05, 4.69) is 240 Å². The zero-order chi connectivity index (χ0) is 44.7. The molecule has 0 aliphatic carbocycles. The third-order valence-electron chi connectivity index (χ3n) is 13.8. The van der Waals surface area contributed by atoms with Crippen molar-refractivity contribution >= 4 is 93.5 Å². The van der Waals surface area contributed by atoms with Gasteiger partial charge in [-0.25, -0.2) is 0 Å². The number of para-hydroxylation sites is 6. The molecule has 3 aromatic heterocycles. The summed E-state index contributed by atoms with van der Waals surface area (Å²) in [4.78, 5) is 2.39. The molecule has 3 heterocycles. The molecule has 4 nitrogen and oxygen atoms in total. The fourth-order valence-corrected chi connectivity index (χ4v) is 10.7. The Morgan fingerprint density at radius 3 is 1.74 bits per heavy atom. The van der Waals surface area contributed by atoms with Gasteiger partial charge in [0.1, 0.15) is 22.3 Å². The highest BCUT2D eigenvalue weighted by Crippen LogP contribution is 2.48. The molecule has 0 saturated heterocycles. The number of fused-ring (bicyclic) bond motifs is 10. The molecule has 0 amide bonds. The van der Waals surface area contributed by atoms with E-state index in [-0.39, 0.29) is 0 Å². The minimum atomic E-state index is 0.831. The highest BCUT2D eigenvalue weighted by atomic mass is 16.3. The second-order valence-corrected chi connectivity index (χ2v) is 17.6. The molecule has 318 valence electrons. The van der Waals surface area contributed by atoms with E-state index in [0.29, 0.717) is 0 Å². The maximum Gasteiger partial charge on any atom is 0.145 e. The van der Waals surface area contributed by atoms with Gasteiger partial charge in [0.2, 0.25) is 0 Å². The molecular weight excluding hydrogens is 829 g/mol. The molecule has 68 heavy (non-hydrogen) atoms. The average Bonchev–Trinajstić information content (AvgIpc) is 4.09. The fraction of sp³-hybridized carbons (Fsp3) is 0. The number of aromatic nitrogens is 1. The van der Waals surface area contributed by atoms with Gasteiger partial charge in [0.05, 0.1) is 27.8 Å². The minimum Gasteiger partial charge on any atom is -0.455 e. The Labute approximate surface area is 391 Å². The van der Waals surface area contributed by atoms with Crippen molar-refractivity contribution in [3.8, 4) is 39.1 Å². The molecular formula is C64H40N2O2. The van der Waals surface area contributed by atoms with Gasteiger partial charge in [0.25, 0.3) is 0 Å². The number of rotatable bonds is 7. The molecule has 0 aliphatic heterocycles. The Hall–Kier alpha value is -9.12. The fourth-order valence-electron chi connectivity index (χ4n) is 10.7. The summed E-state index contributed by atoms with van der Waals surface area (Å²) in [6.45, 7) is 0. The van der Waals surface area contributed by atoms with E-state index in [1.165, 1.54) is 27.1 Å². The lowest BCUT2D eigenvalue weighted by Gasteiger charge is -2.27. The molecule has 0 saturated carbocycles. The molecule has 0 bridgehead atoms. The lowest BCUT2D eigenvalue weighted by Crippen LogP contribution is -2.10. The SMILES string of the molecule is c1cc(-c2cccc3c2oc2ccccc23)cc(N(c2ccc(-c3ccc4ccccc4c3)cc2)c2ccc(-c3ccccc3-n3c4ccccc4c4ccccc43)c3oc4ccccc4c23)c1. The standard InChI is InChI=1S/C64H40N2O2/c1-2-16-43-39-44(32-31-41(43)15-1)42-33-35-46(36-34-42)65(47-18-13-17-45(40-47)48-24-14-25-53-52-22-6-11-29-60(52)67-63(48)53)59-38-37-54(64-62(59)55-23-7-12-30-61(55)68-64)51-21-5-10-28-58(51)66-56-26-8-3-19-49(56)50-20-4-9-27-57(50)66/h1-40H. The molecule has 0 radical (unpaired) electrons. The first-order valence-electron chi connectivity index (χ1n) is 23.2. The summed E-state index contributed by atoms with van der Waals surface area (Å²) in [5, 5.41) is 9.21. The predicted molar refractivity (Wildman–Crippen MR) is 284 cm³/mol. The summed E-state index contributed by atoms with van der Waals surface area (Å²) in [7, 11) is 0. The Bertz CT molecular complexity index is 4230. The maximum absolute atomic E-state index is 7.08. The smallest absolute Gasteiger partial charge is 0.145 e. The summed E-state index contributed by atoms with van der Waals surface area (Å²) in [5.74, 6) is 0. The highest BCUT2D eigenvalue weighted by molar-refractivity contribution is 6.18. The Kier molecular flexibility index (Phi) is 8.55. The lowest BCUT2D eigenvalue weighted by atomic mass is 9.97. The van der Waals surface area contributed by atoms with Crippen LogP contribution >= 0.6 is 0 Å². The first-order valence-corrected chi connectivity index (χ1v) is 23.2. The second-order valence-electron chi connectivity index (χ2n) is 17.6. The van der Waals surface area contributed by atoms with Gasteiger partial charge in [-0.05, 0) is 100 Å². The maximum atomic E-state index is 7.08. The summed E-state index contributed by atoms with van der Waals surface area (Å²) in [6.07, 6.45) is 0. The lowest BCUT2D eigenvalue weighted by molar-refractivity contribution is 0.669. The van der Waals surface area contributed by atoms with Gasteiger partial charge in [-0.3, -0.25) is 0 Å². The topological polar surface area (TPSA) is 34.5 Å². The van der Waals surface area contributed by atoms with Gasteiger partial charge in [-0.1, -0.05) is 170 Å². The quantitative estimate of drug-likeness (QED) is 0.160. The zero-order valence-electron chi connectivity index (χ0n) is 36.8. The molecule has 14 rings (SSSR count). The van der Waals surface area contributed by atoms with Crippen LogP contribution in [0.3, 0.4) is 0 Å². The predicted octanol–water partition coefficient (Wildman–Crippen LogP) is 18.2. The van der Waals surface area contributed by atoms with Crippen LogP contribution in [0.5, 0.6) is 0 Å². The third-order valence-corrected chi connectivity index (χ3v) is 13.8. The van der Waals surface area contributed by atoms with Crippen molar-refractivity contribution in [1.82, 2.24) is 4.57 Å². The summed E-state index contributed by atoms with van der Waals surface area (Å²) in [5.41, 5.74) is 16.4. The van der Waals surface area contributed by atoms with Gasteiger partial charge in [0, 0.05) is 55.0 Å². The van der Waals surface area contributed by atoms with Gasteiger partial charge in [-0.2, -0.15) is 0 Å². The normalized spacial score (nSPS) is 11.8. The van der Waals surface area contributed by atoms with Crippen LogP contribution in [0.2, 0.25) is 0 Å². The van der Waals surface area contributed by atoms with E-state index in [0.717, 1.165) is 105 Å². The molecule has 0 unspecified atom stereocenters. The van der Waals surface area contributed by atoms with Crippen LogP contribution in [0.4, 0.5) is 17.1 Å². The summed E-state index contributed by atoms with van der Waals surface area (Å²) in [6, 6.07) is 86.9. The number of benzene rings is 11. The van der Waals surface area contributed by atoms with E-state index in [1.807, 2.05) is 12.1 Å². The Morgan fingerprint density at radius 2 is 0.926 bits per heavy atom. The second kappa shape index (κ2) is 15.2. The summed E-state index contributed by atoms with van der Waals surface area (Å²) >= 11 is 0. The van der Waals surface area contributed by atoms with Crippen LogP contribution in [0.25, 0.3) is 116 Å². The van der Waals surface area contributed by atoms with Gasteiger partial charge in [0.15, 0.2) is 0 Å².